The van der Waals surface area contributed by atoms with Crippen LogP contribution in [0.25, 0.3) is 0 Å². The van der Waals surface area contributed by atoms with Crippen molar-refractivity contribution in [2.45, 2.75) is 39.3 Å². The molecule has 0 saturated carbocycles. The van der Waals surface area contributed by atoms with E-state index < -0.39 is 6.09 Å². The second-order valence-electron chi connectivity index (χ2n) is 5.98. The van der Waals surface area contributed by atoms with Gasteiger partial charge in [0.15, 0.2) is 0 Å². The Morgan fingerprint density at radius 3 is 2.73 bits per heavy atom. The summed E-state index contributed by atoms with van der Waals surface area (Å²) in [6.45, 7) is 5.39. The summed E-state index contributed by atoms with van der Waals surface area (Å²) in [6, 6.07) is 9.54. The average Bonchev–Trinajstić information content (AvgIpc) is 2.53. The van der Waals surface area contributed by atoms with Crippen molar-refractivity contribution in [2.75, 3.05) is 13.1 Å². The molecule has 1 aromatic rings. The fraction of sp³-hybridized carbons (Fsp3) is 0.529. The Morgan fingerprint density at radius 2 is 2.05 bits per heavy atom. The number of ether oxygens (including phenoxy) is 1. The number of nitrogens with one attached hydrogen (secondary N) is 1. The Kier molecular flexibility index (Phi) is 5.81. The first-order valence-corrected chi connectivity index (χ1v) is 7.82. The Hall–Kier alpha value is -2.04. The van der Waals surface area contributed by atoms with Gasteiger partial charge in [-0.25, -0.2) is 4.79 Å². The third-order valence-corrected chi connectivity index (χ3v) is 3.76. The number of likely N-dealkylation sites (tertiary alicyclic amines) is 1. The first kappa shape index (κ1) is 16.3. The molecule has 120 valence electrons. The van der Waals surface area contributed by atoms with E-state index in [9.17, 15) is 9.59 Å². The highest BCUT2D eigenvalue weighted by atomic mass is 16.5. The summed E-state index contributed by atoms with van der Waals surface area (Å²) in [5.41, 5.74) is 0.956. The lowest BCUT2D eigenvalue weighted by Crippen LogP contribution is -2.50. The molecule has 22 heavy (non-hydrogen) atoms. The van der Waals surface area contributed by atoms with Gasteiger partial charge in [-0.15, -0.1) is 0 Å². The maximum atomic E-state index is 12.0. The van der Waals surface area contributed by atoms with E-state index in [0.717, 1.165) is 24.9 Å². The molecule has 2 rings (SSSR count). The maximum Gasteiger partial charge on any atom is 0.407 e. The molecule has 1 aliphatic heterocycles. The highest BCUT2D eigenvalue weighted by Crippen LogP contribution is 2.13. The van der Waals surface area contributed by atoms with E-state index in [-0.39, 0.29) is 24.5 Å². The Balaban J connectivity index is 1.77. The van der Waals surface area contributed by atoms with E-state index in [2.05, 4.69) is 5.32 Å². The standard InChI is InChI=1S/C17H24N2O3/c1-13(2)16(20)19-10-6-9-15(11-19)18-17(21)22-12-14-7-4-3-5-8-14/h3-5,7-8,13,15H,6,9-12H2,1-2H3,(H,18,21). The Morgan fingerprint density at radius 1 is 1.32 bits per heavy atom. The molecule has 0 aromatic heterocycles. The number of rotatable bonds is 4. The number of nitrogens with zero attached hydrogens (tertiary/aromatic N) is 1. The predicted octanol–water partition coefficient (Wildman–Crippen LogP) is 2.56. The maximum absolute atomic E-state index is 12.0. The molecule has 5 nitrogen and oxygen atoms in total. The third-order valence-electron chi connectivity index (χ3n) is 3.76. The first-order chi connectivity index (χ1) is 10.6. The highest BCUT2D eigenvalue weighted by molar-refractivity contribution is 5.78. The first-order valence-electron chi connectivity index (χ1n) is 7.82. The average molecular weight is 304 g/mol. The highest BCUT2D eigenvalue weighted by Gasteiger charge is 2.26. The van der Waals surface area contributed by atoms with E-state index >= 15 is 0 Å². The van der Waals surface area contributed by atoms with E-state index in [1.54, 1.807) is 0 Å². The molecule has 1 N–H and O–H groups in total. The van der Waals surface area contributed by atoms with Crippen LogP contribution in [0.1, 0.15) is 32.3 Å². The van der Waals surface area contributed by atoms with Crippen molar-refractivity contribution in [3.05, 3.63) is 35.9 Å². The zero-order valence-corrected chi connectivity index (χ0v) is 13.2. The fourth-order valence-electron chi connectivity index (χ4n) is 2.59. The van der Waals surface area contributed by atoms with Gasteiger partial charge in [0.25, 0.3) is 0 Å². The van der Waals surface area contributed by atoms with Crippen molar-refractivity contribution in [1.82, 2.24) is 10.2 Å². The number of amides is 2. The second kappa shape index (κ2) is 7.82. The number of carbonyl (C=O) groups is 2. The van der Waals surface area contributed by atoms with Gasteiger partial charge >= 0.3 is 6.09 Å². The Labute approximate surface area is 131 Å². The lowest BCUT2D eigenvalue weighted by molar-refractivity contribution is -0.135. The lowest BCUT2D eigenvalue weighted by Gasteiger charge is -2.34. The molecule has 1 saturated heterocycles. The molecular formula is C17H24N2O3. The van der Waals surface area contributed by atoms with E-state index in [4.69, 9.17) is 4.74 Å². The van der Waals surface area contributed by atoms with Gasteiger partial charge in [0, 0.05) is 25.0 Å². The van der Waals surface area contributed by atoms with Crippen LogP contribution >= 0.6 is 0 Å². The van der Waals surface area contributed by atoms with Crippen molar-refractivity contribution in [3.8, 4) is 0 Å². The summed E-state index contributed by atoms with van der Waals surface area (Å²) in [7, 11) is 0. The summed E-state index contributed by atoms with van der Waals surface area (Å²) in [5.74, 6) is 0.132. The van der Waals surface area contributed by atoms with Crippen LogP contribution in [0.4, 0.5) is 4.79 Å². The molecule has 5 heteroatoms. The molecule has 0 aliphatic carbocycles. The van der Waals surface area contributed by atoms with Gasteiger partial charge in [-0.05, 0) is 18.4 Å². The number of hydrogen-bond donors (Lipinski definition) is 1. The van der Waals surface area contributed by atoms with Crippen LogP contribution in [0.5, 0.6) is 0 Å². The number of hydrogen-bond acceptors (Lipinski definition) is 3. The van der Waals surface area contributed by atoms with Crippen LogP contribution in [-0.2, 0) is 16.1 Å². The third kappa shape index (κ3) is 4.76. The molecule has 1 aliphatic rings. The minimum Gasteiger partial charge on any atom is -0.445 e. The van der Waals surface area contributed by atoms with Crippen LogP contribution in [0.15, 0.2) is 30.3 Å². The van der Waals surface area contributed by atoms with E-state index in [1.165, 1.54) is 0 Å². The molecule has 1 aromatic carbocycles. The molecule has 2 amide bonds. The summed E-state index contributed by atoms with van der Waals surface area (Å²) >= 11 is 0. The quantitative estimate of drug-likeness (QED) is 0.930. The molecule has 1 heterocycles. The van der Waals surface area contributed by atoms with Crippen LogP contribution in [0.2, 0.25) is 0 Å². The largest absolute Gasteiger partial charge is 0.445 e. The molecule has 0 bridgehead atoms. The van der Waals surface area contributed by atoms with Crippen molar-refractivity contribution in [3.63, 3.8) is 0 Å². The SMILES string of the molecule is CC(C)C(=O)N1CCCC(NC(=O)OCc2ccccc2)C1. The van der Waals surface area contributed by atoms with Crippen LogP contribution < -0.4 is 5.32 Å². The summed E-state index contributed by atoms with van der Waals surface area (Å²) in [6.07, 6.45) is 1.36. The van der Waals surface area contributed by atoms with Crippen LogP contribution in [-0.4, -0.2) is 36.0 Å². The van der Waals surface area contributed by atoms with Crippen LogP contribution in [0.3, 0.4) is 0 Å². The van der Waals surface area contributed by atoms with Gasteiger partial charge in [0.1, 0.15) is 6.61 Å². The monoisotopic (exact) mass is 304 g/mol. The van der Waals surface area contributed by atoms with Crippen molar-refractivity contribution in [2.24, 2.45) is 5.92 Å². The predicted molar refractivity (Wildman–Crippen MR) is 84.2 cm³/mol. The van der Waals surface area contributed by atoms with E-state index in [0.29, 0.717) is 6.54 Å². The summed E-state index contributed by atoms with van der Waals surface area (Å²) in [5, 5.41) is 2.86. The van der Waals surface area contributed by atoms with Crippen molar-refractivity contribution >= 4 is 12.0 Å². The number of alkyl carbamates (subject to hydrolysis) is 1. The zero-order valence-electron chi connectivity index (χ0n) is 13.2. The van der Waals surface area contributed by atoms with Crippen molar-refractivity contribution in [1.29, 1.82) is 0 Å². The van der Waals surface area contributed by atoms with Gasteiger partial charge < -0.3 is 15.0 Å². The van der Waals surface area contributed by atoms with Gasteiger partial charge in [-0.3, -0.25) is 4.79 Å². The minimum atomic E-state index is -0.423. The minimum absolute atomic E-state index is 0.0104. The lowest BCUT2D eigenvalue weighted by atomic mass is 10.0. The van der Waals surface area contributed by atoms with Gasteiger partial charge in [0.2, 0.25) is 5.91 Å². The normalized spacial score (nSPS) is 18.1. The molecule has 0 radical (unpaired) electrons. The van der Waals surface area contributed by atoms with Gasteiger partial charge in [0.05, 0.1) is 0 Å². The molecule has 1 fully saturated rings. The van der Waals surface area contributed by atoms with Crippen LogP contribution in [0, 0.1) is 5.92 Å². The van der Waals surface area contributed by atoms with E-state index in [1.807, 2.05) is 49.1 Å². The Bertz CT molecular complexity index is 502. The molecule has 1 unspecified atom stereocenters. The summed E-state index contributed by atoms with van der Waals surface area (Å²) < 4.78 is 5.22. The fourth-order valence-corrected chi connectivity index (χ4v) is 2.59. The topological polar surface area (TPSA) is 58.6 Å². The molecule has 1 atom stereocenters. The number of carbonyl (C=O) groups excluding carboxylic acids is 2. The molecular weight excluding hydrogens is 280 g/mol. The summed E-state index contributed by atoms with van der Waals surface area (Å²) in [4.78, 5) is 25.7. The second-order valence-corrected chi connectivity index (χ2v) is 5.98. The number of benzene rings is 1. The number of piperidine rings is 1. The van der Waals surface area contributed by atoms with Gasteiger partial charge in [-0.2, -0.15) is 0 Å². The molecule has 0 spiro atoms. The zero-order chi connectivity index (χ0) is 15.9. The van der Waals surface area contributed by atoms with Gasteiger partial charge in [-0.1, -0.05) is 44.2 Å². The smallest absolute Gasteiger partial charge is 0.407 e. The van der Waals surface area contributed by atoms with Crippen molar-refractivity contribution < 1.29 is 14.3 Å².